The number of amides is 1. The fraction of sp³-hybridized carbons (Fsp3) is 0.909. The van der Waals surface area contributed by atoms with Gasteiger partial charge in [-0.25, -0.2) is 4.79 Å². The van der Waals surface area contributed by atoms with Crippen molar-refractivity contribution in [1.29, 1.82) is 0 Å². The van der Waals surface area contributed by atoms with E-state index in [4.69, 9.17) is 4.74 Å². The van der Waals surface area contributed by atoms with Gasteiger partial charge < -0.3 is 15.0 Å². The van der Waals surface area contributed by atoms with Crippen LogP contribution in [0.1, 0.15) is 20.3 Å². The summed E-state index contributed by atoms with van der Waals surface area (Å²) in [6.07, 6.45) is 0.863. The lowest BCUT2D eigenvalue weighted by Crippen LogP contribution is -2.43. The van der Waals surface area contributed by atoms with E-state index in [9.17, 15) is 4.79 Å². The molecule has 0 aromatic heterocycles. The Bertz CT molecular complexity index is 204. The molecule has 0 aromatic carbocycles. The van der Waals surface area contributed by atoms with E-state index in [0.29, 0.717) is 6.61 Å². The second-order valence-corrected chi connectivity index (χ2v) is 6.56. The largest absolute Gasteiger partial charge is 0.450 e. The summed E-state index contributed by atoms with van der Waals surface area (Å²) in [6.45, 7) is 5.23. The highest BCUT2D eigenvalue weighted by molar-refractivity contribution is 8.76. The predicted molar refractivity (Wildman–Crippen MR) is 77.7 cm³/mol. The summed E-state index contributed by atoms with van der Waals surface area (Å²) in [6, 6.07) is 0.137. The molecule has 0 aliphatic carbocycles. The topological polar surface area (TPSA) is 41.6 Å². The summed E-state index contributed by atoms with van der Waals surface area (Å²) in [5, 5.41) is 2.89. The van der Waals surface area contributed by atoms with Crippen LogP contribution in [-0.2, 0) is 4.74 Å². The SMILES string of the molecule is CCCSSCC(CN(C)C)NC(=O)OCC. The van der Waals surface area contributed by atoms with Crippen LogP contribution in [0.3, 0.4) is 0 Å². The number of nitrogens with zero attached hydrogens (tertiary/aromatic N) is 1. The summed E-state index contributed by atoms with van der Waals surface area (Å²) >= 11 is 0. The van der Waals surface area contributed by atoms with E-state index in [1.54, 1.807) is 0 Å². The number of alkyl carbamates (subject to hydrolysis) is 1. The number of carbonyl (C=O) groups is 1. The highest BCUT2D eigenvalue weighted by Crippen LogP contribution is 2.22. The molecule has 0 aliphatic rings. The predicted octanol–water partition coefficient (Wildman–Crippen LogP) is 2.45. The van der Waals surface area contributed by atoms with Gasteiger partial charge in [0, 0.05) is 18.1 Å². The molecule has 0 aliphatic heterocycles. The number of rotatable bonds is 9. The molecule has 0 saturated carbocycles. The van der Waals surface area contributed by atoms with Crippen LogP contribution >= 0.6 is 21.6 Å². The monoisotopic (exact) mass is 280 g/mol. The third-order valence-corrected chi connectivity index (χ3v) is 4.51. The van der Waals surface area contributed by atoms with Crippen molar-refractivity contribution >= 4 is 27.7 Å². The Morgan fingerprint density at radius 3 is 2.59 bits per heavy atom. The van der Waals surface area contributed by atoms with Crippen LogP contribution in [0.2, 0.25) is 0 Å². The van der Waals surface area contributed by atoms with Crippen molar-refractivity contribution in [2.24, 2.45) is 0 Å². The zero-order valence-electron chi connectivity index (χ0n) is 11.2. The fourth-order valence-electron chi connectivity index (χ4n) is 1.19. The molecular weight excluding hydrogens is 256 g/mol. The normalized spacial score (nSPS) is 12.5. The molecule has 0 rings (SSSR count). The van der Waals surface area contributed by atoms with Crippen LogP contribution in [0.25, 0.3) is 0 Å². The Morgan fingerprint density at radius 1 is 1.35 bits per heavy atom. The van der Waals surface area contributed by atoms with Crippen molar-refractivity contribution < 1.29 is 9.53 Å². The maximum absolute atomic E-state index is 11.4. The van der Waals surface area contributed by atoms with Crippen LogP contribution in [-0.4, -0.2) is 55.8 Å². The van der Waals surface area contributed by atoms with Gasteiger partial charge in [0.15, 0.2) is 0 Å². The third kappa shape index (κ3) is 10.8. The molecule has 102 valence electrons. The molecule has 1 N–H and O–H groups in total. The molecular formula is C11H24N2O2S2. The number of hydrogen-bond donors (Lipinski definition) is 1. The smallest absolute Gasteiger partial charge is 0.407 e. The van der Waals surface area contributed by atoms with E-state index in [0.717, 1.165) is 18.1 Å². The van der Waals surface area contributed by atoms with Crippen LogP contribution in [0.15, 0.2) is 0 Å². The van der Waals surface area contributed by atoms with Gasteiger partial charge in [0.05, 0.1) is 12.6 Å². The second-order valence-electron chi connectivity index (χ2n) is 3.93. The Labute approximate surface area is 113 Å². The van der Waals surface area contributed by atoms with Crippen LogP contribution in [0.4, 0.5) is 4.79 Å². The summed E-state index contributed by atoms with van der Waals surface area (Å²) in [5.74, 6) is 2.06. The van der Waals surface area contributed by atoms with Crippen LogP contribution in [0.5, 0.6) is 0 Å². The first-order valence-corrected chi connectivity index (χ1v) is 8.41. The first-order chi connectivity index (χ1) is 8.10. The third-order valence-electron chi connectivity index (χ3n) is 1.82. The quantitative estimate of drug-likeness (QED) is 0.519. The van der Waals surface area contributed by atoms with Gasteiger partial charge in [-0.1, -0.05) is 28.5 Å². The van der Waals surface area contributed by atoms with E-state index in [1.165, 1.54) is 6.42 Å². The molecule has 0 spiro atoms. The van der Waals surface area contributed by atoms with E-state index >= 15 is 0 Å². The molecule has 0 bridgehead atoms. The summed E-state index contributed by atoms with van der Waals surface area (Å²) in [4.78, 5) is 13.4. The lowest BCUT2D eigenvalue weighted by molar-refractivity contribution is 0.147. The van der Waals surface area contributed by atoms with Crippen molar-refractivity contribution in [3.05, 3.63) is 0 Å². The first-order valence-electron chi connectivity index (χ1n) is 5.92. The van der Waals surface area contributed by atoms with E-state index in [2.05, 4.69) is 17.1 Å². The Hall–Kier alpha value is -0.0700. The zero-order valence-corrected chi connectivity index (χ0v) is 12.8. The Morgan fingerprint density at radius 2 is 2.06 bits per heavy atom. The maximum atomic E-state index is 11.4. The van der Waals surface area contributed by atoms with Crippen LogP contribution < -0.4 is 5.32 Å². The van der Waals surface area contributed by atoms with Gasteiger partial charge in [-0.3, -0.25) is 0 Å². The molecule has 0 heterocycles. The van der Waals surface area contributed by atoms with Crippen molar-refractivity contribution in [2.75, 3.05) is 38.8 Å². The van der Waals surface area contributed by atoms with Crippen molar-refractivity contribution in [1.82, 2.24) is 10.2 Å². The fourth-order valence-corrected chi connectivity index (χ4v) is 3.56. The lowest BCUT2D eigenvalue weighted by Gasteiger charge is -2.21. The van der Waals surface area contributed by atoms with Crippen molar-refractivity contribution in [3.63, 3.8) is 0 Å². The first kappa shape index (κ1) is 16.9. The van der Waals surface area contributed by atoms with E-state index in [-0.39, 0.29) is 12.1 Å². The molecule has 4 nitrogen and oxygen atoms in total. The average molecular weight is 280 g/mol. The van der Waals surface area contributed by atoms with Gasteiger partial charge in [0.2, 0.25) is 0 Å². The minimum Gasteiger partial charge on any atom is -0.450 e. The number of carbonyl (C=O) groups excluding carboxylic acids is 1. The molecule has 0 aromatic rings. The summed E-state index contributed by atoms with van der Waals surface area (Å²) < 4.78 is 4.90. The summed E-state index contributed by atoms with van der Waals surface area (Å²) in [7, 11) is 7.67. The van der Waals surface area contributed by atoms with Gasteiger partial charge in [0.1, 0.15) is 0 Å². The van der Waals surface area contributed by atoms with Crippen molar-refractivity contribution in [2.45, 2.75) is 26.3 Å². The molecule has 1 amide bonds. The number of nitrogens with one attached hydrogen (secondary N) is 1. The highest BCUT2D eigenvalue weighted by atomic mass is 33.1. The average Bonchev–Trinajstić information content (AvgIpc) is 2.23. The van der Waals surface area contributed by atoms with E-state index in [1.807, 2.05) is 42.6 Å². The highest BCUT2D eigenvalue weighted by Gasteiger charge is 2.14. The van der Waals surface area contributed by atoms with Crippen LogP contribution in [0, 0.1) is 0 Å². The van der Waals surface area contributed by atoms with E-state index < -0.39 is 0 Å². The Balaban J connectivity index is 3.91. The lowest BCUT2D eigenvalue weighted by atomic mass is 10.3. The van der Waals surface area contributed by atoms with Gasteiger partial charge in [-0.2, -0.15) is 0 Å². The Kier molecular flexibility index (Phi) is 11.0. The second kappa shape index (κ2) is 11.0. The zero-order chi connectivity index (χ0) is 13.1. The van der Waals surface area contributed by atoms with Crippen molar-refractivity contribution in [3.8, 4) is 0 Å². The maximum Gasteiger partial charge on any atom is 0.407 e. The molecule has 6 heteroatoms. The van der Waals surface area contributed by atoms with Gasteiger partial charge in [-0.05, 0) is 27.4 Å². The molecule has 17 heavy (non-hydrogen) atoms. The standard InChI is InChI=1S/C11H24N2O2S2/c1-5-7-16-17-9-10(8-13(3)4)12-11(14)15-6-2/h10H,5-9H2,1-4H3,(H,12,14). The molecule has 1 atom stereocenters. The molecule has 0 saturated heterocycles. The van der Waals surface area contributed by atoms with Gasteiger partial charge >= 0.3 is 6.09 Å². The minimum absolute atomic E-state index is 0.137. The van der Waals surface area contributed by atoms with Gasteiger partial charge in [-0.15, -0.1) is 0 Å². The molecule has 0 radical (unpaired) electrons. The number of hydrogen-bond acceptors (Lipinski definition) is 5. The summed E-state index contributed by atoms with van der Waals surface area (Å²) in [5.41, 5.74) is 0. The number of likely N-dealkylation sites (N-methyl/N-ethyl adjacent to an activating group) is 1. The van der Waals surface area contributed by atoms with Gasteiger partial charge in [0.25, 0.3) is 0 Å². The molecule has 1 unspecified atom stereocenters. The minimum atomic E-state index is -0.319. The number of ether oxygens (including phenoxy) is 1. The molecule has 0 fully saturated rings.